The number of thiophene rings is 1. The van der Waals surface area contributed by atoms with Crippen LogP contribution in [0.2, 0.25) is 0 Å². The minimum absolute atomic E-state index is 0.0694. The van der Waals surface area contributed by atoms with Crippen molar-refractivity contribution in [3.63, 3.8) is 0 Å². The third-order valence-electron chi connectivity index (χ3n) is 3.59. The third kappa shape index (κ3) is 4.30. The first-order valence-electron chi connectivity index (χ1n) is 7.88. The van der Waals surface area contributed by atoms with Crippen LogP contribution in [0.15, 0.2) is 69.3 Å². The molecule has 0 atom stereocenters. The Morgan fingerprint density at radius 1 is 1.04 bits per heavy atom. The number of amides is 1. The van der Waals surface area contributed by atoms with Gasteiger partial charge in [-0.15, -0.1) is 11.3 Å². The fraction of sp³-hybridized carbons (Fsp3) is 0. The average Bonchev–Trinajstić information content (AvgIpc) is 3.21. The second kappa shape index (κ2) is 8.11. The monoisotopic (exact) mass is 417 g/mol. The lowest BCUT2D eigenvalue weighted by molar-refractivity contribution is 0.0956. The van der Waals surface area contributed by atoms with Gasteiger partial charge in [-0.2, -0.15) is 5.10 Å². The average molecular weight is 417 g/mol. The normalized spacial score (nSPS) is 11.4. The number of benzene rings is 2. The number of hydrogen-bond donors (Lipinski definition) is 4. The maximum Gasteiger partial charge on any atom is 0.273 e. The number of phenols is 2. The van der Waals surface area contributed by atoms with Gasteiger partial charge in [0.05, 0.1) is 17.5 Å². The number of rotatable bonds is 6. The minimum Gasteiger partial charge on any atom is -0.504 e. The van der Waals surface area contributed by atoms with E-state index in [-0.39, 0.29) is 32.5 Å². The molecule has 144 valence electrons. The van der Waals surface area contributed by atoms with E-state index in [9.17, 15) is 23.4 Å². The molecule has 0 aliphatic carbocycles. The van der Waals surface area contributed by atoms with Crippen molar-refractivity contribution >= 4 is 39.2 Å². The van der Waals surface area contributed by atoms with Gasteiger partial charge in [0.25, 0.3) is 15.9 Å². The smallest absolute Gasteiger partial charge is 0.273 e. The van der Waals surface area contributed by atoms with Crippen LogP contribution in [-0.2, 0) is 10.0 Å². The van der Waals surface area contributed by atoms with Gasteiger partial charge in [0.1, 0.15) is 4.21 Å². The highest BCUT2D eigenvalue weighted by Crippen LogP contribution is 2.26. The molecule has 0 bridgehead atoms. The number of anilines is 1. The number of nitrogens with zero attached hydrogens (tertiary/aromatic N) is 1. The van der Waals surface area contributed by atoms with Crippen LogP contribution in [0.4, 0.5) is 5.69 Å². The van der Waals surface area contributed by atoms with E-state index < -0.39 is 15.9 Å². The Bertz CT molecular complexity index is 1130. The highest BCUT2D eigenvalue weighted by atomic mass is 32.2. The first kappa shape index (κ1) is 19.4. The minimum atomic E-state index is -3.81. The summed E-state index contributed by atoms with van der Waals surface area (Å²) >= 11 is 1.06. The van der Waals surface area contributed by atoms with Gasteiger partial charge in [0, 0.05) is 5.56 Å². The van der Waals surface area contributed by atoms with Gasteiger partial charge >= 0.3 is 0 Å². The van der Waals surface area contributed by atoms with Crippen molar-refractivity contribution in [2.24, 2.45) is 5.10 Å². The summed E-state index contributed by atoms with van der Waals surface area (Å²) < 4.78 is 27.3. The van der Waals surface area contributed by atoms with E-state index in [1.807, 2.05) is 0 Å². The fourth-order valence-corrected chi connectivity index (χ4v) is 4.33. The van der Waals surface area contributed by atoms with Crippen molar-refractivity contribution in [2.75, 3.05) is 4.72 Å². The number of phenolic OH excluding ortho intramolecular Hbond substituents is 2. The SMILES string of the molecule is O=C(NN=Cc1cccc(O)c1O)c1ccccc1NS(=O)(=O)c1cccs1. The molecule has 1 heterocycles. The Kier molecular flexibility index (Phi) is 5.62. The van der Waals surface area contributed by atoms with E-state index in [4.69, 9.17) is 0 Å². The van der Waals surface area contributed by atoms with Crippen LogP contribution in [0.3, 0.4) is 0 Å². The zero-order valence-corrected chi connectivity index (χ0v) is 15.9. The summed E-state index contributed by atoms with van der Waals surface area (Å²) in [4.78, 5) is 12.4. The summed E-state index contributed by atoms with van der Waals surface area (Å²) in [7, 11) is -3.81. The Balaban J connectivity index is 1.78. The Labute approximate surface area is 164 Å². The van der Waals surface area contributed by atoms with Gasteiger partial charge in [0.2, 0.25) is 0 Å². The Morgan fingerprint density at radius 3 is 2.57 bits per heavy atom. The Hall–Kier alpha value is -3.37. The zero-order chi connectivity index (χ0) is 20.1. The maximum absolute atomic E-state index is 12.4. The summed E-state index contributed by atoms with van der Waals surface area (Å²) in [6.07, 6.45) is 1.16. The molecule has 10 heteroatoms. The molecule has 0 saturated heterocycles. The van der Waals surface area contributed by atoms with Gasteiger partial charge in [-0.1, -0.05) is 24.3 Å². The molecule has 3 rings (SSSR count). The maximum atomic E-state index is 12.4. The van der Waals surface area contributed by atoms with Crippen LogP contribution in [0.25, 0.3) is 0 Å². The lowest BCUT2D eigenvalue weighted by Crippen LogP contribution is -2.21. The number of carbonyl (C=O) groups is 1. The van der Waals surface area contributed by atoms with Crippen molar-refractivity contribution in [3.8, 4) is 11.5 Å². The molecule has 28 heavy (non-hydrogen) atoms. The molecule has 0 fully saturated rings. The van der Waals surface area contributed by atoms with E-state index in [2.05, 4.69) is 15.2 Å². The first-order valence-corrected chi connectivity index (χ1v) is 10.2. The van der Waals surface area contributed by atoms with E-state index in [0.717, 1.165) is 17.6 Å². The summed E-state index contributed by atoms with van der Waals surface area (Å²) in [6.45, 7) is 0. The predicted molar refractivity (Wildman–Crippen MR) is 106 cm³/mol. The van der Waals surface area contributed by atoms with Crippen LogP contribution < -0.4 is 10.1 Å². The summed E-state index contributed by atoms with van der Waals surface area (Å²) in [5, 5.41) is 24.5. The van der Waals surface area contributed by atoms with Gasteiger partial charge in [0.15, 0.2) is 11.5 Å². The van der Waals surface area contributed by atoms with Gasteiger partial charge in [-0.3, -0.25) is 9.52 Å². The lowest BCUT2D eigenvalue weighted by atomic mass is 10.2. The largest absolute Gasteiger partial charge is 0.504 e. The van der Waals surface area contributed by atoms with Crippen molar-refractivity contribution in [3.05, 3.63) is 71.1 Å². The molecule has 2 aromatic carbocycles. The van der Waals surface area contributed by atoms with Crippen LogP contribution in [0, 0.1) is 0 Å². The van der Waals surface area contributed by atoms with E-state index in [0.29, 0.717) is 0 Å². The quantitative estimate of drug-likeness (QED) is 0.279. The van der Waals surface area contributed by atoms with Crippen LogP contribution in [0.1, 0.15) is 15.9 Å². The fourth-order valence-electron chi connectivity index (χ4n) is 2.26. The van der Waals surface area contributed by atoms with Gasteiger partial charge < -0.3 is 10.2 Å². The molecular weight excluding hydrogens is 402 g/mol. The second-order valence-corrected chi connectivity index (χ2v) is 8.35. The van der Waals surface area contributed by atoms with Crippen LogP contribution in [0.5, 0.6) is 11.5 Å². The number of hydrogen-bond acceptors (Lipinski definition) is 7. The zero-order valence-electron chi connectivity index (χ0n) is 14.2. The van der Waals surface area contributed by atoms with Crippen molar-refractivity contribution < 1.29 is 23.4 Å². The van der Waals surface area contributed by atoms with Crippen LogP contribution in [-0.4, -0.2) is 30.8 Å². The number of sulfonamides is 1. The Morgan fingerprint density at radius 2 is 1.82 bits per heavy atom. The summed E-state index contributed by atoms with van der Waals surface area (Å²) in [5.74, 6) is -1.34. The second-order valence-electron chi connectivity index (χ2n) is 5.50. The molecular formula is C18H15N3O5S2. The molecule has 1 amide bonds. The molecule has 0 saturated carbocycles. The van der Waals surface area contributed by atoms with E-state index in [1.54, 1.807) is 23.6 Å². The van der Waals surface area contributed by atoms with Crippen molar-refractivity contribution in [2.45, 2.75) is 4.21 Å². The molecule has 0 radical (unpaired) electrons. The highest BCUT2D eigenvalue weighted by Gasteiger charge is 2.19. The molecule has 4 N–H and O–H groups in total. The van der Waals surface area contributed by atoms with Gasteiger partial charge in [-0.05, 0) is 35.7 Å². The molecule has 0 aliphatic rings. The lowest BCUT2D eigenvalue weighted by Gasteiger charge is -2.10. The highest BCUT2D eigenvalue weighted by molar-refractivity contribution is 7.94. The number of aromatic hydroxyl groups is 2. The van der Waals surface area contributed by atoms with Gasteiger partial charge in [-0.25, -0.2) is 13.8 Å². The number of carbonyl (C=O) groups excluding carboxylic acids is 1. The molecule has 0 spiro atoms. The van der Waals surface area contributed by atoms with Crippen molar-refractivity contribution in [1.29, 1.82) is 0 Å². The molecule has 3 aromatic rings. The standard InChI is InChI=1S/C18H15N3O5S2/c22-15-8-3-5-12(17(15)23)11-19-20-18(24)13-6-1-2-7-14(13)21-28(25,26)16-9-4-10-27-16/h1-11,21-23H,(H,20,24). The topological polar surface area (TPSA) is 128 Å². The number of para-hydroxylation sites is 2. The summed E-state index contributed by atoms with van der Waals surface area (Å²) in [5.41, 5.74) is 2.63. The van der Waals surface area contributed by atoms with Crippen LogP contribution >= 0.6 is 11.3 Å². The third-order valence-corrected chi connectivity index (χ3v) is 6.35. The first-order chi connectivity index (χ1) is 13.4. The molecule has 8 nitrogen and oxygen atoms in total. The summed E-state index contributed by atoms with van der Waals surface area (Å²) in [6, 6.07) is 13.5. The molecule has 1 aromatic heterocycles. The van der Waals surface area contributed by atoms with E-state index in [1.165, 1.54) is 36.4 Å². The predicted octanol–water partition coefficient (Wildman–Crippen LogP) is 2.72. The number of nitrogens with one attached hydrogen (secondary N) is 2. The molecule has 0 unspecified atom stereocenters. The van der Waals surface area contributed by atoms with E-state index >= 15 is 0 Å². The van der Waals surface area contributed by atoms with Crippen molar-refractivity contribution in [1.82, 2.24) is 5.43 Å². The molecule has 0 aliphatic heterocycles. The number of hydrazone groups is 1.